The lowest BCUT2D eigenvalue weighted by atomic mass is 9.74. The summed E-state index contributed by atoms with van der Waals surface area (Å²) in [6.45, 7) is 4.25. The van der Waals surface area contributed by atoms with Gasteiger partial charge in [-0.3, -0.25) is 4.79 Å². The molecule has 1 aromatic carbocycles. The summed E-state index contributed by atoms with van der Waals surface area (Å²) in [5, 5.41) is 9.33. The summed E-state index contributed by atoms with van der Waals surface area (Å²) < 4.78 is 6.98. The number of halogens is 1. The zero-order valence-electron chi connectivity index (χ0n) is 15.8. The first-order chi connectivity index (χ1) is 13.6. The van der Waals surface area contributed by atoms with Gasteiger partial charge in [0.1, 0.15) is 0 Å². The van der Waals surface area contributed by atoms with Crippen LogP contribution in [0.5, 0.6) is 0 Å². The molecule has 0 unspecified atom stereocenters. The summed E-state index contributed by atoms with van der Waals surface area (Å²) in [7, 11) is 0. The molecule has 6 nitrogen and oxygen atoms in total. The van der Waals surface area contributed by atoms with Gasteiger partial charge in [0.05, 0.1) is 0 Å². The highest BCUT2D eigenvalue weighted by molar-refractivity contribution is 7.20. The van der Waals surface area contributed by atoms with Crippen molar-refractivity contribution in [1.82, 2.24) is 14.6 Å². The zero-order valence-corrected chi connectivity index (χ0v) is 17.4. The maximum absolute atomic E-state index is 12.3. The predicted octanol–water partition coefficient (Wildman–Crippen LogP) is 3.92. The molecule has 0 saturated carbocycles. The van der Waals surface area contributed by atoms with Gasteiger partial charge in [-0.25, -0.2) is 4.98 Å². The lowest BCUT2D eigenvalue weighted by Crippen LogP contribution is -2.40. The monoisotopic (exact) mass is 418 g/mol. The fraction of sp³-hybridized carbons (Fsp3) is 0.450. The molecule has 3 heterocycles. The predicted molar refractivity (Wildman–Crippen MR) is 113 cm³/mol. The Balaban J connectivity index is 1.59. The van der Waals surface area contributed by atoms with Crippen LogP contribution in [0.15, 0.2) is 35.1 Å². The molecule has 3 aromatic rings. The number of rotatable bonds is 6. The first kappa shape index (κ1) is 19.4. The van der Waals surface area contributed by atoms with Gasteiger partial charge in [-0.2, -0.15) is 4.52 Å². The van der Waals surface area contributed by atoms with Gasteiger partial charge in [0.15, 0.2) is 0 Å². The minimum absolute atomic E-state index is 0.0492. The van der Waals surface area contributed by atoms with E-state index in [1.165, 1.54) is 21.4 Å². The molecule has 0 bridgehead atoms. The van der Waals surface area contributed by atoms with Crippen molar-refractivity contribution in [3.8, 4) is 0 Å². The van der Waals surface area contributed by atoms with Crippen LogP contribution in [0.25, 0.3) is 4.96 Å². The molecule has 1 saturated heterocycles. The van der Waals surface area contributed by atoms with Crippen molar-refractivity contribution in [2.75, 3.05) is 25.1 Å². The van der Waals surface area contributed by atoms with Crippen molar-refractivity contribution in [3.63, 3.8) is 0 Å². The highest BCUT2D eigenvalue weighted by Gasteiger charge is 2.34. The molecule has 1 N–H and O–H groups in total. The average molecular weight is 419 g/mol. The zero-order chi connectivity index (χ0) is 19.6. The number of anilines is 1. The second-order valence-electron chi connectivity index (χ2n) is 7.19. The van der Waals surface area contributed by atoms with Crippen LogP contribution in [-0.4, -0.2) is 34.4 Å². The van der Waals surface area contributed by atoms with E-state index in [4.69, 9.17) is 16.3 Å². The second kappa shape index (κ2) is 8.19. The third-order valence-corrected chi connectivity index (χ3v) is 6.41. The fourth-order valence-electron chi connectivity index (χ4n) is 3.69. The second-order valence-corrected chi connectivity index (χ2v) is 8.58. The molecular weight excluding hydrogens is 396 g/mol. The Hall–Kier alpha value is -1.96. The Morgan fingerprint density at radius 3 is 2.75 bits per heavy atom. The van der Waals surface area contributed by atoms with Crippen LogP contribution >= 0.6 is 22.9 Å². The van der Waals surface area contributed by atoms with Gasteiger partial charge in [0.2, 0.25) is 10.1 Å². The van der Waals surface area contributed by atoms with E-state index in [1.54, 1.807) is 6.07 Å². The summed E-state index contributed by atoms with van der Waals surface area (Å²) >= 11 is 7.49. The molecule has 1 aliphatic heterocycles. The summed E-state index contributed by atoms with van der Waals surface area (Å²) in [6.07, 6.45) is 3.60. The molecule has 1 fully saturated rings. The number of nitrogens with zero attached hydrogens (tertiary/aromatic N) is 3. The smallest absolute Gasteiger partial charge is 0.275 e. The number of fused-ring (bicyclic) bond motifs is 1. The lowest BCUT2D eigenvalue weighted by molar-refractivity contribution is 0.0544. The van der Waals surface area contributed by atoms with Gasteiger partial charge in [-0.05, 0) is 37.0 Å². The minimum atomic E-state index is -0.128. The van der Waals surface area contributed by atoms with Crippen LogP contribution in [0.3, 0.4) is 0 Å². The van der Waals surface area contributed by atoms with E-state index < -0.39 is 0 Å². The Morgan fingerprint density at radius 1 is 1.29 bits per heavy atom. The largest absolute Gasteiger partial charge is 0.381 e. The first-order valence-corrected chi connectivity index (χ1v) is 10.8. The number of aryl methyl sites for hydroxylation is 1. The van der Waals surface area contributed by atoms with E-state index in [-0.39, 0.29) is 11.0 Å². The van der Waals surface area contributed by atoms with Gasteiger partial charge in [0, 0.05) is 42.0 Å². The van der Waals surface area contributed by atoms with Crippen molar-refractivity contribution >= 4 is 33.0 Å². The van der Waals surface area contributed by atoms with Crippen LogP contribution in [0.2, 0.25) is 5.02 Å². The lowest BCUT2D eigenvalue weighted by Gasteiger charge is -2.38. The van der Waals surface area contributed by atoms with Gasteiger partial charge < -0.3 is 10.1 Å². The van der Waals surface area contributed by atoms with E-state index in [9.17, 15) is 4.79 Å². The molecule has 0 atom stereocenters. The van der Waals surface area contributed by atoms with Crippen LogP contribution in [0.1, 0.15) is 37.4 Å². The minimum Gasteiger partial charge on any atom is -0.381 e. The maximum atomic E-state index is 12.3. The molecule has 1 aliphatic rings. The van der Waals surface area contributed by atoms with Crippen LogP contribution in [-0.2, 0) is 16.6 Å². The highest BCUT2D eigenvalue weighted by atomic mass is 35.5. The number of hydrogen-bond donors (Lipinski definition) is 1. The normalized spacial score (nSPS) is 16.4. The first-order valence-electron chi connectivity index (χ1n) is 9.57. The van der Waals surface area contributed by atoms with E-state index in [2.05, 4.69) is 34.5 Å². The summed E-state index contributed by atoms with van der Waals surface area (Å²) in [5.74, 6) is 0. The van der Waals surface area contributed by atoms with E-state index in [0.717, 1.165) is 49.6 Å². The molecule has 4 rings (SSSR count). The number of nitrogens with one attached hydrogen (secondary N) is 1. The number of ether oxygens (including phenoxy) is 1. The van der Waals surface area contributed by atoms with Crippen molar-refractivity contribution in [2.45, 2.75) is 38.0 Å². The molecule has 0 radical (unpaired) electrons. The summed E-state index contributed by atoms with van der Waals surface area (Å²) in [6, 6.07) is 9.64. The number of aromatic nitrogens is 3. The molecule has 148 valence electrons. The SMILES string of the molecule is CCCc1cc(=O)n2nc(NCC3(c4ccc(Cl)cc4)CCOCC3)sc2n1. The topological polar surface area (TPSA) is 68.5 Å². The Morgan fingerprint density at radius 2 is 2.04 bits per heavy atom. The molecule has 0 spiro atoms. The number of benzene rings is 1. The molecule has 28 heavy (non-hydrogen) atoms. The highest BCUT2D eigenvalue weighted by Crippen LogP contribution is 2.36. The summed E-state index contributed by atoms with van der Waals surface area (Å²) in [4.78, 5) is 17.5. The summed E-state index contributed by atoms with van der Waals surface area (Å²) in [5.41, 5.74) is 1.89. The van der Waals surface area contributed by atoms with Crippen molar-refractivity contribution < 1.29 is 4.74 Å². The molecule has 0 amide bonds. The Kier molecular flexibility index (Phi) is 5.66. The maximum Gasteiger partial charge on any atom is 0.275 e. The van der Waals surface area contributed by atoms with Gasteiger partial charge >= 0.3 is 0 Å². The van der Waals surface area contributed by atoms with Crippen molar-refractivity contribution in [2.24, 2.45) is 0 Å². The fourth-order valence-corrected chi connectivity index (χ4v) is 4.64. The van der Waals surface area contributed by atoms with Crippen molar-refractivity contribution in [3.05, 3.63) is 57.0 Å². The van der Waals surface area contributed by atoms with Gasteiger partial charge in [0.25, 0.3) is 5.56 Å². The van der Waals surface area contributed by atoms with Gasteiger partial charge in [-0.1, -0.05) is 48.4 Å². The van der Waals surface area contributed by atoms with Crippen LogP contribution in [0.4, 0.5) is 5.13 Å². The third kappa shape index (κ3) is 3.92. The average Bonchev–Trinajstić information content (AvgIpc) is 3.12. The van der Waals surface area contributed by atoms with E-state index in [0.29, 0.717) is 16.6 Å². The Labute approximate surface area is 172 Å². The molecule has 8 heteroatoms. The Bertz CT molecular complexity index is 1010. The van der Waals surface area contributed by atoms with Crippen LogP contribution < -0.4 is 10.9 Å². The third-order valence-electron chi connectivity index (χ3n) is 5.29. The van der Waals surface area contributed by atoms with E-state index >= 15 is 0 Å². The molecule has 0 aliphatic carbocycles. The quantitative estimate of drug-likeness (QED) is 0.657. The van der Waals surface area contributed by atoms with Crippen molar-refractivity contribution in [1.29, 1.82) is 0 Å². The van der Waals surface area contributed by atoms with Gasteiger partial charge in [-0.15, -0.1) is 5.10 Å². The van der Waals surface area contributed by atoms with E-state index in [1.807, 2.05) is 12.1 Å². The number of hydrogen-bond acceptors (Lipinski definition) is 6. The van der Waals surface area contributed by atoms with Crippen LogP contribution in [0, 0.1) is 0 Å². The molecule has 2 aromatic heterocycles. The molecular formula is C20H23ClN4O2S. The standard InChI is InChI=1S/C20H23ClN4O2S/c1-2-3-16-12-17(26)25-19(23-16)28-18(24-25)22-13-20(8-10-27-11-9-20)14-4-6-15(21)7-5-14/h4-7,12H,2-3,8-11,13H2,1H3,(H,22,24).